The highest BCUT2D eigenvalue weighted by molar-refractivity contribution is 5.92. The fourth-order valence-electron chi connectivity index (χ4n) is 2.64. The van der Waals surface area contributed by atoms with Crippen molar-refractivity contribution in [2.75, 3.05) is 20.2 Å². The summed E-state index contributed by atoms with van der Waals surface area (Å²) >= 11 is 0. The van der Waals surface area contributed by atoms with Crippen LogP contribution in [0, 0.1) is 5.92 Å². The van der Waals surface area contributed by atoms with Gasteiger partial charge in [-0.15, -0.1) is 0 Å². The zero-order valence-electron chi connectivity index (χ0n) is 13.8. The van der Waals surface area contributed by atoms with Crippen LogP contribution in [-0.4, -0.2) is 43.5 Å². The zero-order chi connectivity index (χ0) is 18.4. The molecular weight excluding hydrogens is 334 g/mol. The first-order chi connectivity index (χ1) is 11.9. The lowest BCUT2D eigenvalue weighted by Gasteiger charge is -2.29. The van der Waals surface area contributed by atoms with Crippen molar-refractivity contribution < 1.29 is 27.8 Å². The second kappa shape index (κ2) is 8.46. The topological polar surface area (TPSA) is 81.9 Å². The number of hydrogen-bond donors (Lipinski definition) is 1. The van der Waals surface area contributed by atoms with Gasteiger partial charge in [0.05, 0.1) is 7.11 Å². The first-order valence-electron chi connectivity index (χ1n) is 7.80. The smallest absolute Gasteiger partial charge is 0.387 e. The molecular formula is C17H20F2N2O4. The van der Waals surface area contributed by atoms with Gasteiger partial charge in [0.2, 0.25) is 11.8 Å². The maximum atomic E-state index is 12.3. The largest absolute Gasteiger partial charge is 0.493 e. The van der Waals surface area contributed by atoms with Crippen LogP contribution in [0.1, 0.15) is 18.4 Å². The number of methoxy groups -OCH3 is 1. The number of carbonyl (C=O) groups excluding carboxylic acids is 2. The highest BCUT2D eigenvalue weighted by Crippen LogP contribution is 2.30. The number of benzene rings is 1. The maximum absolute atomic E-state index is 12.3. The van der Waals surface area contributed by atoms with E-state index in [1.807, 2.05) is 0 Å². The lowest BCUT2D eigenvalue weighted by atomic mass is 9.96. The van der Waals surface area contributed by atoms with E-state index < -0.39 is 6.61 Å². The number of piperidine rings is 1. The summed E-state index contributed by atoms with van der Waals surface area (Å²) in [6.07, 6.45) is 4.08. The number of alkyl halides is 2. The van der Waals surface area contributed by atoms with Gasteiger partial charge in [-0.25, -0.2) is 0 Å². The molecule has 1 fully saturated rings. The van der Waals surface area contributed by atoms with Gasteiger partial charge in [0.25, 0.3) is 0 Å². The van der Waals surface area contributed by atoms with Gasteiger partial charge in [-0.05, 0) is 36.6 Å². The molecule has 0 unspecified atom stereocenters. The van der Waals surface area contributed by atoms with Gasteiger partial charge in [0.15, 0.2) is 11.5 Å². The molecule has 0 aromatic heterocycles. The van der Waals surface area contributed by atoms with E-state index in [0.29, 0.717) is 31.5 Å². The fourth-order valence-corrected chi connectivity index (χ4v) is 2.64. The quantitative estimate of drug-likeness (QED) is 0.793. The summed E-state index contributed by atoms with van der Waals surface area (Å²) in [6, 6.07) is 4.40. The van der Waals surface area contributed by atoms with E-state index in [1.165, 1.54) is 25.3 Å². The molecule has 0 bridgehead atoms. The van der Waals surface area contributed by atoms with Gasteiger partial charge in [-0.1, -0.05) is 6.07 Å². The van der Waals surface area contributed by atoms with Gasteiger partial charge in [-0.3, -0.25) is 9.59 Å². The number of hydrogen-bond acceptors (Lipinski definition) is 4. The highest BCUT2D eigenvalue weighted by atomic mass is 19.3. The first-order valence-corrected chi connectivity index (χ1v) is 7.80. The molecule has 0 saturated carbocycles. The monoisotopic (exact) mass is 354 g/mol. The SMILES string of the molecule is COc1cc(/C=C/C(=O)N2CCC(C(N)=O)CC2)ccc1OC(F)F. The molecule has 1 saturated heterocycles. The summed E-state index contributed by atoms with van der Waals surface area (Å²) in [5, 5.41) is 0. The number of amides is 2. The van der Waals surface area contributed by atoms with E-state index in [0.717, 1.165) is 0 Å². The van der Waals surface area contributed by atoms with Crippen molar-refractivity contribution >= 4 is 17.9 Å². The van der Waals surface area contributed by atoms with Crippen molar-refractivity contribution in [1.29, 1.82) is 0 Å². The van der Waals surface area contributed by atoms with E-state index in [1.54, 1.807) is 17.0 Å². The number of primary amides is 1. The van der Waals surface area contributed by atoms with Gasteiger partial charge in [0.1, 0.15) is 0 Å². The molecule has 1 aromatic rings. The van der Waals surface area contributed by atoms with Crippen molar-refractivity contribution in [2.45, 2.75) is 19.5 Å². The number of nitrogens with zero attached hydrogens (tertiary/aromatic N) is 1. The average molecular weight is 354 g/mol. The van der Waals surface area contributed by atoms with Crippen LogP contribution in [-0.2, 0) is 9.59 Å². The molecule has 6 nitrogen and oxygen atoms in total. The van der Waals surface area contributed by atoms with E-state index >= 15 is 0 Å². The van der Waals surface area contributed by atoms with Crippen LogP contribution in [0.4, 0.5) is 8.78 Å². The minimum atomic E-state index is -2.94. The van der Waals surface area contributed by atoms with Crippen molar-refractivity contribution in [3.8, 4) is 11.5 Å². The molecule has 0 aliphatic carbocycles. The number of rotatable bonds is 6. The number of carbonyl (C=O) groups is 2. The standard InChI is InChI=1S/C17H20F2N2O4/c1-24-14-10-11(2-4-13(14)25-17(18)19)3-5-15(22)21-8-6-12(7-9-21)16(20)23/h2-5,10,12,17H,6-9H2,1H3,(H2,20,23)/b5-3+. The Kier molecular flexibility index (Phi) is 6.32. The first kappa shape index (κ1) is 18.7. The van der Waals surface area contributed by atoms with Crippen molar-refractivity contribution in [3.05, 3.63) is 29.8 Å². The number of ether oxygens (including phenoxy) is 2. The van der Waals surface area contributed by atoms with Crippen LogP contribution in [0.25, 0.3) is 6.08 Å². The Labute approximate surface area is 144 Å². The summed E-state index contributed by atoms with van der Waals surface area (Å²) < 4.78 is 34.0. The number of nitrogens with two attached hydrogens (primary N) is 1. The molecule has 25 heavy (non-hydrogen) atoms. The normalized spacial score (nSPS) is 15.6. The van der Waals surface area contributed by atoms with Gasteiger partial charge in [0, 0.05) is 25.1 Å². The molecule has 1 aromatic carbocycles. The molecule has 0 spiro atoms. The third kappa shape index (κ3) is 5.17. The summed E-state index contributed by atoms with van der Waals surface area (Å²) in [7, 11) is 1.34. The molecule has 0 atom stereocenters. The van der Waals surface area contributed by atoms with E-state index in [-0.39, 0.29) is 29.2 Å². The third-order valence-corrected chi connectivity index (χ3v) is 4.03. The second-order valence-corrected chi connectivity index (χ2v) is 5.62. The summed E-state index contributed by atoms with van der Waals surface area (Å²) in [5.74, 6) is -0.623. The average Bonchev–Trinajstić information content (AvgIpc) is 2.60. The zero-order valence-corrected chi connectivity index (χ0v) is 13.8. The Hall–Kier alpha value is -2.64. The lowest BCUT2D eigenvalue weighted by Crippen LogP contribution is -2.41. The van der Waals surface area contributed by atoms with Crippen LogP contribution >= 0.6 is 0 Å². The Balaban J connectivity index is 1.99. The molecule has 2 N–H and O–H groups in total. The highest BCUT2D eigenvalue weighted by Gasteiger charge is 2.24. The van der Waals surface area contributed by atoms with E-state index in [2.05, 4.69) is 4.74 Å². The summed E-state index contributed by atoms with van der Waals surface area (Å²) in [6.45, 7) is -2.00. The van der Waals surface area contributed by atoms with E-state index in [9.17, 15) is 18.4 Å². The summed E-state index contributed by atoms with van der Waals surface area (Å²) in [4.78, 5) is 25.0. The lowest BCUT2D eigenvalue weighted by molar-refractivity contribution is -0.130. The van der Waals surface area contributed by atoms with Gasteiger partial charge >= 0.3 is 6.61 Å². The summed E-state index contributed by atoms with van der Waals surface area (Å²) in [5.41, 5.74) is 5.88. The van der Waals surface area contributed by atoms with Crippen LogP contribution < -0.4 is 15.2 Å². The molecule has 1 aliphatic rings. The van der Waals surface area contributed by atoms with Crippen molar-refractivity contribution in [2.24, 2.45) is 11.7 Å². The Morgan fingerprint density at radius 2 is 1.96 bits per heavy atom. The van der Waals surface area contributed by atoms with Crippen molar-refractivity contribution in [1.82, 2.24) is 4.90 Å². The third-order valence-electron chi connectivity index (χ3n) is 4.03. The molecule has 2 amide bonds. The fraction of sp³-hybridized carbons (Fsp3) is 0.412. The molecule has 1 aliphatic heterocycles. The Morgan fingerprint density at radius 1 is 1.28 bits per heavy atom. The van der Waals surface area contributed by atoms with Crippen LogP contribution in [0.2, 0.25) is 0 Å². The van der Waals surface area contributed by atoms with Gasteiger partial charge < -0.3 is 20.1 Å². The molecule has 2 rings (SSSR count). The number of halogens is 2. The minimum absolute atomic E-state index is 0.0745. The predicted molar refractivity (Wildman–Crippen MR) is 87.2 cm³/mol. The molecule has 136 valence electrons. The van der Waals surface area contributed by atoms with Crippen LogP contribution in [0.15, 0.2) is 24.3 Å². The Morgan fingerprint density at radius 3 is 2.52 bits per heavy atom. The van der Waals surface area contributed by atoms with Gasteiger partial charge in [-0.2, -0.15) is 8.78 Å². The Bertz CT molecular complexity index is 656. The number of likely N-dealkylation sites (tertiary alicyclic amines) is 1. The minimum Gasteiger partial charge on any atom is -0.493 e. The predicted octanol–water partition coefficient (Wildman–Crippen LogP) is 2.03. The van der Waals surface area contributed by atoms with Crippen LogP contribution in [0.3, 0.4) is 0 Å². The molecule has 1 heterocycles. The van der Waals surface area contributed by atoms with Crippen LogP contribution in [0.5, 0.6) is 11.5 Å². The molecule has 0 radical (unpaired) electrons. The molecule has 8 heteroatoms. The van der Waals surface area contributed by atoms with Crippen molar-refractivity contribution in [3.63, 3.8) is 0 Å². The second-order valence-electron chi connectivity index (χ2n) is 5.62. The maximum Gasteiger partial charge on any atom is 0.387 e. The van der Waals surface area contributed by atoms with E-state index in [4.69, 9.17) is 10.5 Å².